The predicted octanol–water partition coefficient (Wildman–Crippen LogP) is 2.98. The molecule has 2 aromatic carbocycles. The number of fused-ring (bicyclic) bond motifs is 1. The first-order valence-electron chi connectivity index (χ1n) is 6.22. The van der Waals surface area contributed by atoms with E-state index in [-0.39, 0.29) is 5.56 Å². The third-order valence-corrected chi connectivity index (χ3v) is 3.60. The van der Waals surface area contributed by atoms with Crippen molar-refractivity contribution in [3.05, 3.63) is 63.0 Å². The molecule has 21 heavy (non-hydrogen) atoms. The van der Waals surface area contributed by atoms with Crippen LogP contribution in [0.15, 0.2) is 41.2 Å². The van der Waals surface area contributed by atoms with Crippen molar-refractivity contribution in [2.24, 2.45) is 0 Å². The summed E-state index contributed by atoms with van der Waals surface area (Å²) in [6, 6.07) is 9.95. The molecule has 0 saturated carbocycles. The number of carbonyl (C=O) groups is 1. The highest BCUT2D eigenvalue weighted by molar-refractivity contribution is 6.32. The van der Waals surface area contributed by atoms with Crippen molar-refractivity contribution in [1.82, 2.24) is 9.55 Å². The standard InChI is InChI=1S/C15H11ClN2O3/c1-8-5-6-10(16)12(7-8)18-13-9(14(19)20)3-2-4-11(13)17-15(18)21/h2-7H,1H3,(H,17,21)(H,19,20). The highest BCUT2D eigenvalue weighted by Crippen LogP contribution is 2.25. The van der Waals surface area contributed by atoms with Gasteiger partial charge in [-0.25, -0.2) is 9.59 Å². The molecular weight excluding hydrogens is 292 g/mol. The van der Waals surface area contributed by atoms with Crippen LogP contribution in [0.4, 0.5) is 0 Å². The summed E-state index contributed by atoms with van der Waals surface area (Å²) >= 11 is 6.17. The van der Waals surface area contributed by atoms with Crippen LogP contribution in [0.1, 0.15) is 15.9 Å². The minimum absolute atomic E-state index is 0.0448. The molecule has 0 amide bonds. The first-order valence-corrected chi connectivity index (χ1v) is 6.60. The normalized spacial score (nSPS) is 11.0. The van der Waals surface area contributed by atoms with E-state index in [0.29, 0.717) is 21.7 Å². The zero-order chi connectivity index (χ0) is 15.1. The first kappa shape index (κ1) is 13.5. The van der Waals surface area contributed by atoms with Crippen LogP contribution in [-0.4, -0.2) is 20.6 Å². The molecule has 0 radical (unpaired) electrons. The molecule has 0 bridgehead atoms. The van der Waals surface area contributed by atoms with E-state index in [0.717, 1.165) is 5.56 Å². The molecule has 0 unspecified atom stereocenters. The van der Waals surface area contributed by atoms with Gasteiger partial charge in [-0.2, -0.15) is 0 Å². The van der Waals surface area contributed by atoms with Crippen LogP contribution in [-0.2, 0) is 0 Å². The summed E-state index contributed by atoms with van der Waals surface area (Å²) in [6.07, 6.45) is 0. The molecule has 5 nitrogen and oxygen atoms in total. The lowest BCUT2D eigenvalue weighted by atomic mass is 10.1. The Bertz CT molecular complexity index is 924. The number of para-hydroxylation sites is 1. The van der Waals surface area contributed by atoms with Gasteiger partial charge in [0.15, 0.2) is 0 Å². The van der Waals surface area contributed by atoms with Crippen molar-refractivity contribution < 1.29 is 9.90 Å². The molecule has 6 heteroatoms. The highest BCUT2D eigenvalue weighted by Gasteiger charge is 2.18. The molecule has 0 fully saturated rings. The summed E-state index contributed by atoms with van der Waals surface area (Å²) in [5, 5.41) is 9.70. The molecule has 1 heterocycles. The van der Waals surface area contributed by atoms with Gasteiger partial charge in [0.25, 0.3) is 0 Å². The summed E-state index contributed by atoms with van der Waals surface area (Å²) in [7, 11) is 0. The summed E-state index contributed by atoms with van der Waals surface area (Å²) < 4.78 is 1.30. The van der Waals surface area contributed by atoms with Crippen LogP contribution in [0.2, 0.25) is 5.02 Å². The molecule has 3 rings (SSSR count). The van der Waals surface area contributed by atoms with Crippen molar-refractivity contribution in [3.63, 3.8) is 0 Å². The number of aryl methyl sites for hydroxylation is 1. The predicted molar refractivity (Wildman–Crippen MR) is 80.6 cm³/mol. The summed E-state index contributed by atoms with van der Waals surface area (Å²) in [6.45, 7) is 1.87. The summed E-state index contributed by atoms with van der Waals surface area (Å²) in [5.74, 6) is -1.10. The Labute approximate surface area is 124 Å². The van der Waals surface area contributed by atoms with Gasteiger partial charge in [-0.05, 0) is 36.8 Å². The van der Waals surface area contributed by atoms with E-state index < -0.39 is 11.7 Å². The van der Waals surface area contributed by atoms with E-state index in [2.05, 4.69) is 4.98 Å². The third-order valence-electron chi connectivity index (χ3n) is 3.28. The van der Waals surface area contributed by atoms with Gasteiger partial charge >= 0.3 is 11.7 Å². The van der Waals surface area contributed by atoms with Gasteiger partial charge in [-0.3, -0.25) is 4.57 Å². The third kappa shape index (κ3) is 2.11. The molecular formula is C15H11ClN2O3. The van der Waals surface area contributed by atoms with Gasteiger partial charge in [0.1, 0.15) is 0 Å². The minimum atomic E-state index is -1.10. The maximum absolute atomic E-state index is 12.2. The number of H-pyrrole nitrogens is 1. The highest BCUT2D eigenvalue weighted by atomic mass is 35.5. The maximum atomic E-state index is 12.2. The van der Waals surface area contributed by atoms with Gasteiger partial charge in [-0.15, -0.1) is 0 Å². The van der Waals surface area contributed by atoms with E-state index in [1.807, 2.05) is 13.0 Å². The lowest BCUT2D eigenvalue weighted by molar-refractivity contribution is 0.0698. The van der Waals surface area contributed by atoms with Crippen LogP contribution in [0.3, 0.4) is 0 Å². The fraction of sp³-hybridized carbons (Fsp3) is 0.0667. The Morgan fingerprint density at radius 2 is 2.05 bits per heavy atom. The largest absolute Gasteiger partial charge is 0.478 e. The zero-order valence-corrected chi connectivity index (χ0v) is 11.8. The molecule has 1 aromatic heterocycles. The molecule has 0 spiro atoms. The van der Waals surface area contributed by atoms with Crippen molar-refractivity contribution in [2.45, 2.75) is 6.92 Å². The number of rotatable bonds is 2. The Kier molecular flexibility index (Phi) is 3.07. The Morgan fingerprint density at radius 3 is 2.76 bits per heavy atom. The number of imidazole rings is 1. The van der Waals surface area contributed by atoms with Gasteiger partial charge < -0.3 is 10.1 Å². The molecule has 3 aromatic rings. The number of benzene rings is 2. The number of aromatic amines is 1. The van der Waals surface area contributed by atoms with Gasteiger partial charge in [0.2, 0.25) is 0 Å². The van der Waals surface area contributed by atoms with Crippen molar-refractivity contribution in [1.29, 1.82) is 0 Å². The van der Waals surface area contributed by atoms with Crippen LogP contribution >= 0.6 is 11.6 Å². The number of halogens is 1. The lowest BCUT2D eigenvalue weighted by Gasteiger charge is -2.08. The number of nitrogens with one attached hydrogen (secondary N) is 1. The lowest BCUT2D eigenvalue weighted by Crippen LogP contribution is -2.16. The maximum Gasteiger partial charge on any atom is 0.337 e. The van der Waals surface area contributed by atoms with Crippen LogP contribution in [0.5, 0.6) is 0 Å². The van der Waals surface area contributed by atoms with Gasteiger partial charge in [0.05, 0.1) is 27.3 Å². The Morgan fingerprint density at radius 1 is 1.29 bits per heavy atom. The molecule has 2 N–H and O–H groups in total. The SMILES string of the molecule is Cc1ccc(Cl)c(-n2c(=O)[nH]c3cccc(C(=O)O)c32)c1. The van der Waals surface area contributed by atoms with Crippen LogP contribution < -0.4 is 5.69 Å². The second-order valence-corrected chi connectivity index (χ2v) is 5.13. The van der Waals surface area contributed by atoms with E-state index >= 15 is 0 Å². The smallest absolute Gasteiger partial charge is 0.337 e. The van der Waals surface area contributed by atoms with Crippen molar-refractivity contribution in [2.75, 3.05) is 0 Å². The zero-order valence-electron chi connectivity index (χ0n) is 11.1. The number of hydrogen-bond donors (Lipinski definition) is 2. The quantitative estimate of drug-likeness (QED) is 0.764. The monoisotopic (exact) mass is 302 g/mol. The number of aromatic carboxylic acids is 1. The number of carboxylic acids is 1. The number of hydrogen-bond acceptors (Lipinski definition) is 2. The summed E-state index contributed by atoms with van der Waals surface area (Å²) in [5.41, 5.74) is 1.76. The van der Waals surface area contributed by atoms with E-state index in [9.17, 15) is 14.7 Å². The van der Waals surface area contributed by atoms with Gasteiger partial charge in [0, 0.05) is 0 Å². The Balaban J connectivity index is 2.48. The second kappa shape index (κ2) is 4.79. The number of carboxylic acid groups (broad SMARTS) is 1. The molecule has 0 aliphatic heterocycles. The van der Waals surface area contributed by atoms with Gasteiger partial charge in [-0.1, -0.05) is 23.7 Å². The molecule has 0 aliphatic carbocycles. The van der Waals surface area contributed by atoms with E-state index in [1.54, 1.807) is 24.3 Å². The van der Waals surface area contributed by atoms with Crippen molar-refractivity contribution >= 4 is 28.6 Å². The molecule has 106 valence electrons. The number of nitrogens with zero attached hydrogens (tertiary/aromatic N) is 1. The fourth-order valence-electron chi connectivity index (χ4n) is 2.35. The second-order valence-electron chi connectivity index (χ2n) is 4.73. The van der Waals surface area contributed by atoms with E-state index in [4.69, 9.17) is 11.6 Å². The Hall–Kier alpha value is -2.53. The van der Waals surface area contributed by atoms with E-state index in [1.165, 1.54) is 10.6 Å². The topological polar surface area (TPSA) is 75.1 Å². The average molecular weight is 303 g/mol. The molecule has 0 saturated heterocycles. The molecule has 0 atom stereocenters. The summed E-state index contributed by atoms with van der Waals surface area (Å²) in [4.78, 5) is 26.3. The first-order chi connectivity index (χ1) is 9.99. The minimum Gasteiger partial charge on any atom is -0.478 e. The number of aromatic nitrogens is 2. The van der Waals surface area contributed by atoms with Crippen molar-refractivity contribution in [3.8, 4) is 5.69 Å². The fourth-order valence-corrected chi connectivity index (χ4v) is 2.56. The average Bonchev–Trinajstić information content (AvgIpc) is 2.77. The molecule has 0 aliphatic rings. The van der Waals surface area contributed by atoms with Crippen LogP contribution in [0.25, 0.3) is 16.7 Å². The van der Waals surface area contributed by atoms with Crippen LogP contribution in [0, 0.1) is 6.92 Å².